The molecule has 0 aliphatic carbocycles. The van der Waals surface area contributed by atoms with Crippen molar-refractivity contribution in [3.05, 3.63) is 54.1 Å². The van der Waals surface area contributed by atoms with Crippen LogP contribution in [0.1, 0.15) is 30.7 Å². The van der Waals surface area contributed by atoms with Crippen LogP contribution in [0.15, 0.2) is 51.6 Å². The van der Waals surface area contributed by atoms with Gasteiger partial charge in [-0.25, -0.2) is 0 Å². The Hall–Kier alpha value is -3.50. The van der Waals surface area contributed by atoms with Gasteiger partial charge in [0.25, 0.3) is 5.91 Å². The minimum atomic E-state index is -0.0850. The van der Waals surface area contributed by atoms with Crippen molar-refractivity contribution in [1.29, 1.82) is 0 Å². The molecule has 36 heavy (non-hydrogen) atoms. The van der Waals surface area contributed by atoms with Crippen LogP contribution in [0.4, 0.5) is 5.69 Å². The van der Waals surface area contributed by atoms with E-state index < -0.39 is 0 Å². The smallest absolute Gasteiger partial charge is 0.252 e. The molecule has 1 aliphatic rings. The van der Waals surface area contributed by atoms with E-state index in [4.69, 9.17) is 13.7 Å². The number of likely N-dealkylation sites (N-methyl/N-ethyl adjacent to an activating group) is 1. The van der Waals surface area contributed by atoms with Crippen molar-refractivity contribution >= 4 is 17.5 Å². The number of para-hydroxylation sites is 1. The number of aromatic nitrogens is 2. The van der Waals surface area contributed by atoms with Crippen LogP contribution < -0.4 is 4.90 Å². The maximum Gasteiger partial charge on any atom is 0.252 e. The lowest BCUT2D eigenvalue weighted by molar-refractivity contribution is -0.132. The first kappa shape index (κ1) is 25.6. The summed E-state index contributed by atoms with van der Waals surface area (Å²) in [4.78, 5) is 36.3. The Bertz CT molecular complexity index is 1130. The number of rotatable bonds is 7. The molecule has 0 N–H and O–H groups in total. The number of hydrogen-bond donors (Lipinski definition) is 0. The lowest BCUT2D eigenvalue weighted by Gasteiger charge is -2.28. The van der Waals surface area contributed by atoms with Crippen LogP contribution >= 0.6 is 0 Å². The monoisotopic (exact) mass is 495 g/mol. The van der Waals surface area contributed by atoms with Gasteiger partial charge in [0.1, 0.15) is 6.61 Å². The fourth-order valence-corrected chi connectivity index (χ4v) is 4.30. The van der Waals surface area contributed by atoms with Crippen molar-refractivity contribution in [3.8, 4) is 11.6 Å². The number of benzene rings is 1. The lowest BCUT2D eigenvalue weighted by atomic mass is 10.1. The highest BCUT2D eigenvalue weighted by Gasteiger charge is 2.23. The Balaban J connectivity index is 1.44. The summed E-state index contributed by atoms with van der Waals surface area (Å²) in [6.45, 7) is 3.25. The summed E-state index contributed by atoms with van der Waals surface area (Å²) in [5.41, 5.74) is 1.78. The molecule has 0 atom stereocenters. The van der Waals surface area contributed by atoms with Crippen LogP contribution in [0.2, 0.25) is 0 Å². The second-order valence-corrected chi connectivity index (χ2v) is 8.92. The third kappa shape index (κ3) is 6.58. The van der Waals surface area contributed by atoms with Crippen LogP contribution in [-0.4, -0.2) is 78.7 Å². The summed E-state index contributed by atoms with van der Waals surface area (Å²) >= 11 is 0. The lowest BCUT2D eigenvalue weighted by Crippen LogP contribution is -2.37. The number of carbonyl (C=O) groups is 2. The van der Waals surface area contributed by atoms with Crippen LogP contribution in [0.5, 0.6) is 0 Å². The molecule has 0 unspecified atom stereocenters. The summed E-state index contributed by atoms with van der Waals surface area (Å²) < 4.78 is 15.7. The van der Waals surface area contributed by atoms with Crippen molar-refractivity contribution in [2.45, 2.75) is 32.2 Å². The molecular weight excluding hydrogens is 462 g/mol. The standard InChI is InChI=1S/C26H33N5O5/c1-29-13-7-14-31(25(33)19-34-2)21-9-4-3-8-20(21)18-30(16-15-29)24(32)12-5-11-23-27-26(28-36-23)22-10-6-17-35-22/h3-4,6,8-10,17H,5,7,11-16,18-19H2,1-2H3. The van der Waals surface area contributed by atoms with E-state index in [1.807, 2.05) is 36.2 Å². The largest absolute Gasteiger partial charge is 0.461 e. The fraction of sp³-hybridized carbons (Fsp3) is 0.462. The summed E-state index contributed by atoms with van der Waals surface area (Å²) in [5.74, 6) is 1.39. The first-order chi connectivity index (χ1) is 17.5. The molecule has 192 valence electrons. The zero-order valence-corrected chi connectivity index (χ0v) is 20.9. The number of carbonyl (C=O) groups excluding carboxylic acids is 2. The van der Waals surface area contributed by atoms with Gasteiger partial charge >= 0.3 is 0 Å². The Labute approximate surface area is 210 Å². The van der Waals surface area contributed by atoms with E-state index in [-0.39, 0.29) is 18.4 Å². The molecule has 0 saturated carbocycles. The molecule has 2 amide bonds. The van der Waals surface area contributed by atoms with Gasteiger partial charge in [-0.05, 0) is 50.2 Å². The molecule has 3 aromatic rings. The number of hydrogen-bond acceptors (Lipinski definition) is 8. The number of furan rings is 1. The number of nitrogens with zero attached hydrogens (tertiary/aromatic N) is 5. The number of fused-ring (bicyclic) bond motifs is 1. The van der Waals surface area contributed by atoms with E-state index >= 15 is 0 Å². The number of ether oxygens (including phenoxy) is 1. The van der Waals surface area contributed by atoms with E-state index in [1.54, 1.807) is 23.3 Å². The molecule has 10 nitrogen and oxygen atoms in total. The molecular formula is C26H33N5O5. The highest BCUT2D eigenvalue weighted by molar-refractivity contribution is 5.95. The van der Waals surface area contributed by atoms with Gasteiger partial charge in [-0.3, -0.25) is 9.59 Å². The second kappa shape index (κ2) is 12.5. The summed E-state index contributed by atoms with van der Waals surface area (Å²) in [7, 11) is 3.57. The number of amides is 2. The van der Waals surface area contributed by atoms with E-state index in [9.17, 15) is 9.59 Å². The summed E-state index contributed by atoms with van der Waals surface area (Å²) in [6.07, 6.45) is 3.84. The molecule has 4 rings (SSSR count). The summed E-state index contributed by atoms with van der Waals surface area (Å²) in [6, 6.07) is 11.3. The van der Waals surface area contributed by atoms with E-state index in [0.717, 1.165) is 30.8 Å². The topological polar surface area (TPSA) is 105 Å². The zero-order valence-electron chi connectivity index (χ0n) is 20.9. The highest BCUT2D eigenvalue weighted by Crippen LogP contribution is 2.24. The van der Waals surface area contributed by atoms with Crippen molar-refractivity contribution < 1.29 is 23.3 Å². The molecule has 1 aromatic carbocycles. The second-order valence-electron chi connectivity index (χ2n) is 8.92. The molecule has 0 radical (unpaired) electrons. The SMILES string of the molecule is COCC(=O)N1CCCN(C)CCN(C(=O)CCCc2nc(-c3ccco3)no2)Cc2ccccc21. The summed E-state index contributed by atoms with van der Waals surface area (Å²) in [5, 5.41) is 3.94. The molecule has 1 aliphatic heterocycles. The van der Waals surface area contributed by atoms with Crippen LogP contribution in [0, 0.1) is 0 Å². The minimum Gasteiger partial charge on any atom is -0.461 e. The maximum absolute atomic E-state index is 13.3. The zero-order chi connectivity index (χ0) is 25.3. The average molecular weight is 496 g/mol. The van der Waals surface area contributed by atoms with Crippen molar-refractivity contribution in [1.82, 2.24) is 19.9 Å². The Morgan fingerprint density at radius 3 is 2.72 bits per heavy atom. The third-order valence-electron chi connectivity index (χ3n) is 6.23. The third-order valence-corrected chi connectivity index (χ3v) is 6.23. The van der Waals surface area contributed by atoms with E-state index in [1.165, 1.54) is 7.11 Å². The molecule has 0 spiro atoms. The predicted molar refractivity (Wildman–Crippen MR) is 133 cm³/mol. The normalized spacial score (nSPS) is 15.4. The molecule has 0 saturated heterocycles. The van der Waals surface area contributed by atoms with Gasteiger partial charge in [0, 0.05) is 51.8 Å². The van der Waals surface area contributed by atoms with Gasteiger partial charge in [0.15, 0.2) is 5.76 Å². The molecule has 3 heterocycles. The van der Waals surface area contributed by atoms with Gasteiger partial charge in [0.05, 0.1) is 6.26 Å². The van der Waals surface area contributed by atoms with Gasteiger partial charge in [-0.1, -0.05) is 23.4 Å². The van der Waals surface area contributed by atoms with Crippen LogP contribution in [0.25, 0.3) is 11.6 Å². The minimum absolute atomic E-state index is 0.0180. The molecule has 2 aromatic heterocycles. The van der Waals surface area contributed by atoms with Gasteiger partial charge < -0.3 is 28.4 Å². The number of anilines is 1. The van der Waals surface area contributed by atoms with Gasteiger partial charge in [-0.2, -0.15) is 4.98 Å². The molecule has 0 bridgehead atoms. The van der Waals surface area contributed by atoms with Crippen LogP contribution in [-0.2, 0) is 27.3 Å². The first-order valence-corrected chi connectivity index (χ1v) is 12.2. The number of aryl methyl sites for hydroxylation is 1. The molecule has 10 heteroatoms. The number of methoxy groups -OCH3 is 1. The Morgan fingerprint density at radius 2 is 1.92 bits per heavy atom. The van der Waals surface area contributed by atoms with Crippen molar-refractivity contribution in [3.63, 3.8) is 0 Å². The highest BCUT2D eigenvalue weighted by atomic mass is 16.5. The molecule has 0 fully saturated rings. The van der Waals surface area contributed by atoms with E-state index in [0.29, 0.717) is 56.4 Å². The first-order valence-electron chi connectivity index (χ1n) is 12.2. The average Bonchev–Trinajstić information content (AvgIpc) is 3.56. The van der Waals surface area contributed by atoms with Crippen molar-refractivity contribution in [2.75, 3.05) is 51.8 Å². The Morgan fingerprint density at radius 1 is 1.06 bits per heavy atom. The van der Waals surface area contributed by atoms with Crippen molar-refractivity contribution in [2.24, 2.45) is 0 Å². The van der Waals surface area contributed by atoms with Crippen LogP contribution in [0.3, 0.4) is 0 Å². The van der Waals surface area contributed by atoms with Gasteiger partial charge in [-0.15, -0.1) is 0 Å². The maximum atomic E-state index is 13.3. The quantitative estimate of drug-likeness (QED) is 0.493. The van der Waals surface area contributed by atoms with Gasteiger partial charge in [0.2, 0.25) is 17.6 Å². The fourth-order valence-electron chi connectivity index (χ4n) is 4.30. The predicted octanol–water partition coefficient (Wildman–Crippen LogP) is 3.00. The Kier molecular flexibility index (Phi) is 8.85. The van der Waals surface area contributed by atoms with E-state index in [2.05, 4.69) is 15.0 Å².